The first-order valence-corrected chi connectivity index (χ1v) is 7.60. The summed E-state index contributed by atoms with van der Waals surface area (Å²) >= 11 is 0. The van der Waals surface area contributed by atoms with Gasteiger partial charge in [-0.1, -0.05) is 25.5 Å². The van der Waals surface area contributed by atoms with E-state index in [0.29, 0.717) is 17.9 Å². The number of carbonyl (C=O) groups is 2. The van der Waals surface area contributed by atoms with Gasteiger partial charge in [-0.3, -0.25) is 9.59 Å². The topological polar surface area (TPSA) is 84.0 Å². The van der Waals surface area contributed by atoms with Crippen molar-refractivity contribution in [2.45, 2.75) is 26.7 Å². The summed E-state index contributed by atoms with van der Waals surface area (Å²) in [6, 6.07) is 10.4. The quantitative estimate of drug-likeness (QED) is 0.606. The molecule has 0 bridgehead atoms. The first kappa shape index (κ1) is 16.6. The summed E-state index contributed by atoms with van der Waals surface area (Å²) in [7, 11) is 0. The molecule has 0 aliphatic carbocycles. The van der Waals surface area contributed by atoms with Gasteiger partial charge in [0.2, 0.25) is 0 Å². The lowest BCUT2D eigenvalue weighted by atomic mass is 10.1. The molecule has 1 heterocycles. The van der Waals surface area contributed by atoms with E-state index in [1.54, 1.807) is 30.3 Å². The van der Waals surface area contributed by atoms with Gasteiger partial charge in [0.15, 0.2) is 17.3 Å². The lowest BCUT2D eigenvalue weighted by Crippen LogP contribution is -2.25. The van der Waals surface area contributed by atoms with E-state index in [-0.39, 0.29) is 17.4 Å². The number of carbonyl (C=O) groups excluding carboxylic acids is 2. The standard InChI is InChI=1S/C17H20N4O2/c1-3-4-10-18-17(23)15-8-9-16(21-20-15)19-14-7-5-6-13(11-14)12(2)22/h5-9,11H,3-4,10H2,1-2H3,(H,18,23)(H,19,21). The highest BCUT2D eigenvalue weighted by Crippen LogP contribution is 2.16. The van der Waals surface area contributed by atoms with Crippen LogP contribution in [0.25, 0.3) is 0 Å². The number of anilines is 2. The predicted molar refractivity (Wildman–Crippen MR) is 89.0 cm³/mol. The Labute approximate surface area is 135 Å². The van der Waals surface area contributed by atoms with E-state index in [9.17, 15) is 9.59 Å². The van der Waals surface area contributed by atoms with E-state index in [1.165, 1.54) is 6.92 Å². The summed E-state index contributed by atoms with van der Waals surface area (Å²) in [5, 5.41) is 13.8. The van der Waals surface area contributed by atoms with Gasteiger partial charge in [0.05, 0.1) is 0 Å². The zero-order chi connectivity index (χ0) is 16.7. The molecule has 0 saturated heterocycles. The summed E-state index contributed by atoms with van der Waals surface area (Å²) in [6.45, 7) is 4.22. The number of hydrogen-bond donors (Lipinski definition) is 2. The molecule has 1 aromatic heterocycles. The van der Waals surface area contributed by atoms with Crippen LogP contribution in [0.3, 0.4) is 0 Å². The minimum atomic E-state index is -0.226. The zero-order valence-corrected chi connectivity index (χ0v) is 13.3. The number of benzene rings is 1. The Hall–Kier alpha value is -2.76. The van der Waals surface area contributed by atoms with Gasteiger partial charge in [-0.25, -0.2) is 0 Å². The van der Waals surface area contributed by atoms with E-state index in [4.69, 9.17) is 0 Å². The van der Waals surface area contributed by atoms with Crippen LogP contribution in [0.2, 0.25) is 0 Å². The van der Waals surface area contributed by atoms with Crippen LogP contribution >= 0.6 is 0 Å². The zero-order valence-electron chi connectivity index (χ0n) is 13.3. The fraction of sp³-hybridized carbons (Fsp3) is 0.294. The molecular weight excluding hydrogens is 292 g/mol. The van der Waals surface area contributed by atoms with Crippen LogP contribution in [-0.2, 0) is 0 Å². The largest absolute Gasteiger partial charge is 0.351 e. The Morgan fingerprint density at radius 2 is 1.96 bits per heavy atom. The van der Waals surface area contributed by atoms with E-state index in [0.717, 1.165) is 18.5 Å². The van der Waals surface area contributed by atoms with Gasteiger partial charge < -0.3 is 10.6 Å². The number of amides is 1. The van der Waals surface area contributed by atoms with Crippen molar-refractivity contribution in [1.82, 2.24) is 15.5 Å². The van der Waals surface area contributed by atoms with Crippen LogP contribution in [0.1, 0.15) is 47.5 Å². The molecule has 0 aliphatic heterocycles. The number of nitrogens with zero attached hydrogens (tertiary/aromatic N) is 2. The summed E-state index contributed by atoms with van der Waals surface area (Å²) in [5.41, 5.74) is 1.64. The molecule has 1 aromatic carbocycles. The van der Waals surface area contributed by atoms with Crippen molar-refractivity contribution < 1.29 is 9.59 Å². The number of rotatable bonds is 7. The third-order valence-corrected chi connectivity index (χ3v) is 3.25. The highest BCUT2D eigenvalue weighted by Gasteiger charge is 2.08. The Balaban J connectivity index is 2.01. The van der Waals surface area contributed by atoms with Crippen molar-refractivity contribution in [1.29, 1.82) is 0 Å². The van der Waals surface area contributed by atoms with Crippen molar-refractivity contribution in [3.8, 4) is 0 Å². The summed E-state index contributed by atoms with van der Waals surface area (Å²) in [4.78, 5) is 23.2. The Morgan fingerprint density at radius 3 is 2.61 bits per heavy atom. The van der Waals surface area contributed by atoms with Gasteiger partial charge in [0.1, 0.15) is 0 Å². The van der Waals surface area contributed by atoms with Gasteiger partial charge in [0.25, 0.3) is 5.91 Å². The molecule has 23 heavy (non-hydrogen) atoms. The maximum absolute atomic E-state index is 11.8. The molecule has 120 valence electrons. The van der Waals surface area contributed by atoms with E-state index in [1.807, 2.05) is 6.07 Å². The fourth-order valence-electron chi connectivity index (χ4n) is 1.95. The van der Waals surface area contributed by atoms with Crippen LogP contribution < -0.4 is 10.6 Å². The average molecular weight is 312 g/mol. The van der Waals surface area contributed by atoms with Crippen LogP contribution in [-0.4, -0.2) is 28.4 Å². The molecular formula is C17H20N4O2. The number of hydrogen-bond acceptors (Lipinski definition) is 5. The van der Waals surface area contributed by atoms with Crippen LogP contribution in [0.15, 0.2) is 36.4 Å². The Bertz CT molecular complexity index is 683. The van der Waals surface area contributed by atoms with Crippen molar-refractivity contribution in [3.05, 3.63) is 47.7 Å². The van der Waals surface area contributed by atoms with Gasteiger partial charge in [0, 0.05) is 17.8 Å². The number of ketones is 1. The van der Waals surface area contributed by atoms with Crippen LogP contribution in [0.5, 0.6) is 0 Å². The van der Waals surface area contributed by atoms with E-state index < -0.39 is 0 Å². The number of nitrogens with one attached hydrogen (secondary N) is 2. The van der Waals surface area contributed by atoms with Crippen molar-refractivity contribution in [2.75, 3.05) is 11.9 Å². The molecule has 0 saturated carbocycles. The average Bonchev–Trinajstić information content (AvgIpc) is 2.56. The van der Waals surface area contributed by atoms with Gasteiger partial charge in [-0.2, -0.15) is 0 Å². The van der Waals surface area contributed by atoms with Crippen molar-refractivity contribution in [3.63, 3.8) is 0 Å². The highest BCUT2D eigenvalue weighted by molar-refractivity contribution is 5.95. The Morgan fingerprint density at radius 1 is 1.13 bits per heavy atom. The second-order valence-electron chi connectivity index (χ2n) is 5.18. The number of unbranched alkanes of at least 4 members (excludes halogenated alkanes) is 1. The lowest BCUT2D eigenvalue weighted by Gasteiger charge is -2.07. The highest BCUT2D eigenvalue weighted by atomic mass is 16.2. The molecule has 1 amide bonds. The lowest BCUT2D eigenvalue weighted by molar-refractivity contribution is 0.0946. The van der Waals surface area contributed by atoms with Crippen LogP contribution in [0, 0.1) is 0 Å². The second kappa shape index (κ2) is 8.03. The first-order chi connectivity index (χ1) is 11.1. The predicted octanol–water partition coefficient (Wildman–Crippen LogP) is 2.95. The number of aromatic nitrogens is 2. The van der Waals surface area contributed by atoms with Crippen molar-refractivity contribution >= 4 is 23.2 Å². The van der Waals surface area contributed by atoms with E-state index >= 15 is 0 Å². The molecule has 0 spiro atoms. The summed E-state index contributed by atoms with van der Waals surface area (Å²) in [6.07, 6.45) is 1.96. The minimum Gasteiger partial charge on any atom is -0.351 e. The molecule has 0 aliphatic rings. The summed E-state index contributed by atoms with van der Waals surface area (Å²) in [5.74, 6) is 0.283. The third-order valence-electron chi connectivity index (χ3n) is 3.25. The van der Waals surface area contributed by atoms with E-state index in [2.05, 4.69) is 27.8 Å². The monoisotopic (exact) mass is 312 g/mol. The molecule has 6 nitrogen and oxygen atoms in total. The fourth-order valence-corrected chi connectivity index (χ4v) is 1.95. The molecule has 0 unspecified atom stereocenters. The smallest absolute Gasteiger partial charge is 0.271 e. The van der Waals surface area contributed by atoms with Crippen molar-refractivity contribution in [2.24, 2.45) is 0 Å². The first-order valence-electron chi connectivity index (χ1n) is 7.60. The normalized spacial score (nSPS) is 10.2. The minimum absolute atomic E-state index is 0.00108. The second-order valence-corrected chi connectivity index (χ2v) is 5.18. The SMILES string of the molecule is CCCCNC(=O)c1ccc(Nc2cccc(C(C)=O)c2)nn1. The van der Waals surface area contributed by atoms with Gasteiger partial charge in [-0.15, -0.1) is 10.2 Å². The molecule has 2 rings (SSSR count). The Kier molecular flexibility index (Phi) is 5.80. The molecule has 0 radical (unpaired) electrons. The molecule has 2 aromatic rings. The molecule has 0 fully saturated rings. The number of Topliss-reactive ketones (excluding diaryl/α,β-unsaturated/α-hetero) is 1. The van der Waals surface area contributed by atoms with Gasteiger partial charge >= 0.3 is 0 Å². The maximum Gasteiger partial charge on any atom is 0.271 e. The summed E-state index contributed by atoms with van der Waals surface area (Å²) < 4.78 is 0. The molecule has 2 N–H and O–H groups in total. The van der Waals surface area contributed by atoms with Gasteiger partial charge in [-0.05, 0) is 37.6 Å². The maximum atomic E-state index is 11.8. The third kappa shape index (κ3) is 4.88. The van der Waals surface area contributed by atoms with Crippen LogP contribution in [0.4, 0.5) is 11.5 Å². The molecule has 6 heteroatoms. The molecule has 0 atom stereocenters.